The van der Waals surface area contributed by atoms with E-state index in [2.05, 4.69) is 0 Å². The maximum absolute atomic E-state index is 13.3. The van der Waals surface area contributed by atoms with Crippen LogP contribution in [0.25, 0.3) is 0 Å². The molecule has 4 rings (SSSR count). The monoisotopic (exact) mass is 576 g/mol. The largest absolute Gasteiger partial charge is 0.450 e. The van der Waals surface area contributed by atoms with E-state index in [0.717, 1.165) is 11.1 Å². The maximum atomic E-state index is 13.3. The van der Waals surface area contributed by atoms with Crippen molar-refractivity contribution in [2.45, 2.75) is 48.2 Å². The third-order valence-corrected chi connectivity index (χ3v) is 8.65. The Morgan fingerprint density at radius 1 is 0.744 bits per heavy atom. The summed E-state index contributed by atoms with van der Waals surface area (Å²) in [6.07, 6.45) is -5.97. The molecule has 0 aromatic heterocycles. The highest BCUT2D eigenvalue weighted by atomic mass is 32.2. The van der Waals surface area contributed by atoms with Crippen LogP contribution < -0.4 is 0 Å². The first kappa shape index (κ1) is 28.9. The molecule has 1 saturated heterocycles. The summed E-state index contributed by atoms with van der Waals surface area (Å²) in [6.45, 7) is 3.15. The molecule has 208 valence electrons. The second kappa shape index (κ2) is 11.9. The number of ether oxygens (including phenoxy) is 3. The van der Waals surface area contributed by atoms with Gasteiger partial charge in [-0.25, -0.2) is 4.79 Å². The van der Waals surface area contributed by atoms with Crippen molar-refractivity contribution in [3.63, 3.8) is 0 Å². The molecule has 1 fully saturated rings. The molecular formula is C27H28O10S2. The van der Waals surface area contributed by atoms with E-state index in [1.165, 1.54) is 43.5 Å². The lowest BCUT2D eigenvalue weighted by Gasteiger charge is -2.39. The Labute approximate surface area is 227 Å². The normalized spacial score (nSPS) is 21.8. The standard InChI is InChI=1S/C27H28O10S2/c1-18-9-13-21(14-10-18)38(29,30)36-23-17-34-27(33-3)25(35-26(28)20-7-5-4-6-8-20)24(23)37-39(31,32)22-15-11-19(2)12-16-22/h4-16,23-25,27H,17H2,1-3H3/t23-,24-,25+,27-/m0/s1. The molecular weight excluding hydrogens is 548 g/mol. The summed E-state index contributed by atoms with van der Waals surface area (Å²) in [5, 5.41) is 0. The van der Waals surface area contributed by atoms with Gasteiger partial charge in [0.25, 0.3) is 20.2 Å². The van der Waals surface area contributed by atoms with Crippen molar-refractivity contribution in [3.05, 3.63) is 95.6 Å². The molecule has 0 radical (unpaired) electrons. The van der Waals surface area contributed by atoms with Crippen molar-refractivity contribution in [2.24, 2.45) is 0 Å². The number of benzene rings is 3. The van der Waals surface area contributed by atoms with Gasteiger partial charge in [0.15, 0.2) is 12.4 Å². The van der Waals surface area contributed by atoms with Gasteiger partial charge in [-0.2, -0.15) is 16.8 Å². The van der Waals surface area contributed by atoms with Gasteiger partial charge in [0, 0.05) is 7.11 Å². The molecule has 0 N–H and O–H groups in total. The molecule has 0 amide bonds. The van der Waals surface area contributed by atoms with Gasteiger partial charge in [0.2, 0.25) is 0 Å². The zero-order valence-electron chi connectivity index (χ0n) is 21.4. The molecule has 1 heterocycles. The molecule has 3 aromatic carbocycles. The van der Waals surface area contributed by atoms with Gasteiger partial charge in [-0.05, 0) is 50.2 Å². The Balaban J connectivity index is 1.71. The average Bonchev–Trinajstić information content (AvgIpc) is 2.91. The van der Waals surface area contributed by atoms with E-state index in [0.29, 0.717) is 0 Å². The predicted octanol–water partition coefficient (Wildman–Crippen LogP) is 3.38. The van der Waals surface area contributed by atoms with Crippen molar-refractivity contribution >= 4 is 26.2 Å². The minimum absolute atomic E-state index is 0.153. The van der Waals surface area contributed by atoms with Gasteiger partial charge in [0.1, 0.15) is 12.2 Å². The molecule has 0 saturated carbocycles. The van der Waals surface area contributed by atoms with Gasteiger partial charge in [0.05, 0.1) is 22.0 Å². The molecule has 4 atom stereocenters. The van der Waals surface area contributed by atoms with Crippen LogP contribution in [0.4, 0.5) is 0 Å². The lowest BCUT2D eigenvalue weighted by Crippen LogP contribution is -2.58. The Kier molecular flexibility index (Phi) is 8.84. The van der Waals surface area contributed by atoms with Crippen molar-refractivity contribution in [1.29, 1.82) is 0 Å². The van der Waals surface area contributed by atoms with Crippen molar-refractivity contribution in [2.75, 3.05) is 13.7 Å². The molecule has 39 heavy (non-hydrogen) atoms. The molecule has 3 aromatic rings. The van der Waals surface area contributed by atoms with Crippen LogP contribution in [0.2, 0.25) is 0 Å². The van der Waals surface area contributed by atoms with E-state index in [1.54, 1.807) is 56.3 Å². The van der Waals surface area contributed by atoms with Gasteiger partial charge in [-0.1, -0.05) is 53.6 Å². The summed E-state index contributed by atoms with van der Waals surface area (Å²) >= 11 is 0. The molecule has 0 spiro atoms. The summed E-state index contributed by atoms with van der Waals surface area (Å²) in [4.78, 5) is 12.6. The molecule has 1 aliphatic heterocycles. The van der Waals surface area contributed by atoms with E-state index >= 15 is 0 Å². The highest BCUT2D eigenvalue weighted by Gasteiger charge is 2.49. The topological polar surface area (TPSA) is 132 Å². The van der Waals surface area contributed by atoms with E-state index in [1.807, 2.05) is 0 Å². The van der Waals surface area contributed by atoms with E-state index in [-0.39, 0.29) is 15.4 Å². The van der Waals surface area contributed by atoms with E-state index in [4.69, 9.17) is 22.6 Å². The van der Waals surface area contributed by atoms with E-state index in [9.17, 15) is 21.6 Å². The summed E-state index contributed by atoms with van der Waals surface area (Å²) in [6, 6.07) is 19.7. The Morgan fingerprint density at radius 2 is 1.26 bits per heavy atom. The highest BCUT2D eigenvalue weighted by molar-refractivity contribution is 7.87. The zero-order valence-corrected chi connectivity index (χ0v) is 23.1. The number of esters is 1. The maximum Gasteiger partial charge on any atom is 0.338 e. The first-order chi connectivity index (χ1) is 18.5. The van der Waals surface area contributed by atoms with Gasteiger partial charge < -0.3 is 14.2 Å². The number of methoxy groups -OCH3 is 1. The van der Waals surface area contributed by atoms with Gasteiger partial charge in [-0.3, -0.25) is 8.37 Å². The third-order valence-electron chi connectivity index (χ3n) is 5.98. The second-order valence-corrected chi connectivity index (χ2v) is 12.0. The fraction of sp³-hybridized carbons (Fsp3) is 0.296. The van der Waals surface area contributed by atoms with Crippen LogP contribution in [0.5, 0.6) is 0 Å². The van der Waals surface area contributed by atoms with Crippen LogP contribution in [0.1, 0.15) is 21.5 Å². The molecule has 10 nitrogen and oxygen atoms in total. The smallest absolute Gasteiger partial charge is 0.338 e. The van der Waals surface area contributed by atoms with Crippen LogP contribution in [-0.2, 0) is 42.8 Å². The molecule has 0 unspecified atom stereocenters. The van der Waals surface area contributed by atoms with Crippen molar-refractivity contribution < 1.29 is 44.2 Å². The Hall–Kier alpha value is -3.13. The molecule has 0 aliphatic carbocycles. The first-order valence-electron chi connectivity index (χ1n) is 11.9. The number of aryl methyl sites for hydroxylation is 2. The first-order valence-corrected chi connectivity index (χ1v) is 14.7. The second-order valence-electron chi connectivity index (χ2n) is 8.90. The minimum atomic E-state index is -4.48. The fourth-order valence-corrected chi connectivity index (χ4v) is 6.04. The van der Waals surface area contributed by atoms with Crippen LogP contribution >= 0.6 is 0 Å². The third kappa shape index (κ3) is 6.90. The highest BCUT2D eigenvalue weighted by Crippen LogP contribution is 2.30. The average molecular weight is 577 g/mol. The Morgan fingerprint density at radius 3 is 1.77 bits per heavy atom. The number of carbonyl (C=O) groups is 1. The quantitative estimate of drug-likeness (QED) is 0.276. The summed E-state index contributed by atoms with van der Waals surface area (Å²) in [7, 11) is -7.61. The molecule has 0 bridgehead atoms. The van der Waals surface area contributed by atoms with Crippen LogP contribution in [0, 0.1) is 13.8 Å². The SMILES string of the molecule is CO[C@H]1OC[C@H](OS(=O)(=O)c2ccc(C)cc2)[C@H](OS(=O)(=O)c2ccc(C)cc2)[C@H]1OC(=O)c1ccccc1. The number of hydrogen-bond donors (Lipinski definition) is 0. The predicted molar refractivity (Wildman–Crippen MR) is 139 cm³/mol. The zero-order chi connectivity index (χ0) is 28.2. The van der Waals surface area contributed by atoms with Crippen LogP contribution in [0.3, 0.4) is 0 Å². The van der Waals surface area contributed by atoms with Crippen LogP contribution in [-0.4, -0.2) is 61.1 Å². The number of carbonyl (C=O) groups excluding carboxylic acids is 1. The lowest BCUT2D eigenvalue weighted by molar-refractivity contribution is -0.251. The summed E-state index contributed by atoms with van der Waals surface area (Å²) in [5.74, 6) is -0.824. The Bertz CT molecular complexity index is 1490. The number of rotatable bonds is 9. The molecule has 12 heteroatoms. The van der Waals surface area contributed by atoms with Crippen molar-refractivity contribution in [3.8, 4) is 0 Å². The van der Waals surface area contributed by atoms with Crippen LogP contribution in [0.15, 0.2) is 88.7 Å². The summed E-state index contributed by atoms with van der Waals surface area (Å²) < 4.78 is 80.3. The lowest BCUT2D eigenvalue weighted by atomic mass is 10.1. The minimum Gasteiger partial charge on any atom is -0.450 e. The molecule has 1 aliphatic rings. The van der Waals surface area contributed by atoms with Gasteiger partial charge in [-0.15, -0.1) is 0 Å². The van der Waals surface area contributed by atoms with E-state index < -0.39 is 57.4 Å². The fourth-order valence-electron chi connectivity index (χ4n) is 3.87. The number of hydrogen-bond acceptors (Lipinski definition) is 10. The van der Waals surface area contributed by atoms with Crippen molar-refractivity contribution in [1.82, 2.24) is 0 Å². The summed E-state index contributed by atoms with van der Waals surface area (Å²) in [5.41, 5.74) is 1.82. The van der Waals surface area contributed by atoms with Gasteiger partial charge >= 0.3 is 5.97 Å².